The molecule has 120 valence electrons. The number of nitrogens with zero attached hydrogens (tertiary/aromatic N) is 2. The lowest BCUT2D eigenvalue weighted by atomic mass is 10.1. The molecule has 0 amide bonds. The number of anilines is 1. The second-order valence-electron chi connectivity index (χ2n) is 6.00. The van der Waals surface area contributed by atoms with Crippen molar-refractivity contribution in [3.63, 3.8) is 0 Å². The van der Waals surface area contributed by atoms with Crippen LogP contribution in [0.2, 0.25) is 0 Å². The molecular weight excluding hydrogens is 308 g/mol. The normalized spacial score (nSPS) is 15.5. The number of rotatable bonds is 5. The summed E-state index contributed by atoms with van der Waals surface area (Å²) < 4.78 is 5.41. The summed E-state index contributed by atoms with van der Waals surface area (Å²) in [4.78, 5) is 11.5. The first-order valence-corrected chi connectivity index (χ1v) is 8.88. The predicted molar refractivity (Wildman–Crippen MR) is 92.9 cm³/mol. The van der Waals surface area contributed by atoms with Gasteiger partial charge in [0.05, 0.1) is 11.6 Å². The molecule has 0 radical (unpaired) electrons. The molecule has 3 aromatic heterocycles. The second-order valence-corrected chi connectivity index (χ2v) is 7.08. The minimum Gasteiger partial charge on any atom is -0.469 e. The first-order valence-electron chi connectivity index (χ1n) is 8.06. The quantitative estimate of drug-likeness (QED) is 0.752. The van der Waals surface area contributed by atoms with E-state index in [0.717, 1.165) is 48.8 Å². The van der Waals surface area contributed by atoms with E-state index in [2.05, 4.69) is 27.5 Å². The van der Waals surface area contributed by atoms with E-state index >= 15 is 0 Å². The van der Waals surface area contributed by atoms with Crippen LogP contribution in [0.4, 0.5) is 5.82 Å². The van der Waals surface area contributed by atoms with E-state index < -0.39 is 0 Å². The first-order chi connectivity index (χ1) is 11.3. The molecule has 1 atom stereocenters. The Kier molecular flexibility index (Phi) is 4.01. The van der Waals surface area contributed by atoms with E-state index in [-0.39, 0.29) is 0 Å². The predicted octanol–water partition coefficient (Wildman–Crippen LogP) is 3.36. The van der Waals surface area contributed by atoms with Crippen LogP contribution in [0.5, 0.6) is 0 Å². The Bertz CT molecular complexity index is 796. The Hall–Kier alpha value is -1.92. The molecule has 0 fully saturated rings. The molecule has 4 heterocycles. The highest BCUT2D eigenvalue weighted by molar-refractivity contribution is 7.18. The van der Waals surface area contributed by atoms with Gasteiger partial charge in [-0.25, -0.2) is 9.97 Å². The summed E-state index contributed by atoms with van der Waals surface area (Å²) in [6.07, 6.45) is 6.39. The zero-order chi connectivity index (χ0) is 15.6. The lowest BCUT2D eigenvalue weighted by Gasteiger charge is -2.16. The van der Waals surface area contributed by atoms with Crippen LogP contribution in [0, 0.1) is 0 Å². The van der Waals surface area contributed by atoms with Crippen molar-refractivity contribution < 1.29 is 4.42 Å². The summed E-state index contributed by atoms with van der Waals surface area (Å²) >= 11 is 1.78. The highest BCUT2D eigenvalue weighted by Crippen LogP contribution is 2.35. The summed E-state index contributed by atoms with van der Waals surface area (Å²) in [5.74, 6) is 2.01. The molecular formula is C17H20N4OS. The molecule has 2 N–H and O–H groups in total. The molecule has 6 heteroatoms. The van der Waals surface area contributed by atoms with Crippen molar-refractivity contribution in [3.05, 3.63) is 40.9 Å². The minimum atomic E-state index is 0.329. The molecule has 1 aliphatic heterocycles. The molecule has 23 heavy (non-hydrogen) atoms. The molecule has 0 saturated carbocycles. The molecule has 5 nitrogen and oxygen atoms in total. The van der Waals surface area contributed by atoms with E-state index in [4.69, 9.17) is 4.42 Å². The Balaban J connectivity index is 1.55. The van der Waals surface area contributed by atoms with E-state index in [1.165, 1.54) is 15.8 Å². The Morgan fingerprint density at radius 3 is 3.26 bits per heavy atom. The lowest BCUT2D eigenvalue weighted by molar-refractivity contribution is 0.495. The largest absolute Gasteiger partial charge is 0.469 e. The number of hydrogen-bond donors (Lipinski definition) is 2. The zero-order valence-corrected chi connectivity index (χ0v) is 13.9. The van der Waals surface area contributed by atoms with Gasteiger partial charge in [-0.1, -0.05) is 0 Å². The van der Waals surface area contributed by atoms with Crippen molar-refractivity contribution in [1.82, 2.24) is 15.3 Å². The molecule has 0 bridgehead atoms. The van der Waals surface area contributed by atoms with Crippen LogP contribution in [0.1, 0.15) is 29.5 Å². The second kappa shape index (κ2) is 6.29. The summed E-state index contributed by atoms with van der Waals surface area (Å²) in [6, 6.07) is 4.29. The lowest BCUT2D eigenvalue weighted by Crippen LogP contribution is -2.22. The van der Waals surface area contributed by atoms with Gasteiger partial charge in [-0.15, -0.1) is 11.3 Å². The van der Waals surface area contributed by atoms with Gasteiger partial charge in [0.25, 0.3) is 0 Å². The molecule has 4 rings (SSSR count). The van der Waals surface area contributed by atoms with Crippen molar-refractivity contribution in [3.8, 4) is 0 Å². The number of aryl methyl sites for hydroxylation is 1. The van der Waals surface area contributed by atoms with Crippen LogP contribution >= 0.6 is 11.3 Å². The van der Waals surface area contributed by atoms with Crippen LogP contribution in [-0.4, -0.2) is 22.6 Å². The fourth-order valence-electron chi connectivity index (χ4n) is 3.09. The zero-order valence-electron chi connectivity index (χ0n) is 13.1. The van der Waals surface area contributed by atoms with Crippen LogP contribution < -0.4 is 10.6 Å². The first kappa shape index (κ1) is 14.7. The highest BCUT2D eigenvalue weighted by Gasteiger charge is 2.20. The standard InChI is InChI=1S/C17H20N4OS/c1-11(4-5-12-3-2-8-22-12)21-16-15-13-6-7-18-9-14(13)23-17(15)20-10-19-16/h2-3,8,10-11,18H,4-7,9H2,1H3,(H,19,20,21). The van der Waals surface area contributed by atoms with Crippen LogP contribution in [0.3, 0.4) is 0 Å². The number of nitrogens with one attached hydrogen (secondary N) is 2. The Morgan fingerprint density at radius 1 is 1.43 bits per heavy atom. The summed E-state index contributed by atoms with van der Waals surface area (Å²) in [5.41, 5.74) is 1.42. The molecule has 0 spiro atoms. The number of furan rings is 1. The molecule has 1 unspecified atom stereocenters. The number of hydrogen-bond acceptors (Lipinski definition) is 6. The average molecular weight is 328 g/mol. The van der Waals surface area contributed by atoms with Crippen molar-refractivity contribution >= 4 is 27.4 Å². The van der Waals surface area contributed by atoms with Gasteiger partial charge in [-0.2, -0.15) is 0 Å². The average Bonchev–Trinajstić information content (AvgIpc) is 3.20. The van der Waals surface area contributed by atoms with Gasteiger partial charge in [-0.3, -0.25) is 0 Å². The summed E-state index contributed by atoms with van der Waals surface area (Å²) in [5, 5.41) is 8.23. The monoisotopic (exact) mass is 328 g/mol. The molecule has 1 aliphatic rings. The maximum absolute atomic E-state index is 5.41. The number of thiophene rings is 1. The maximum Gasteiger partial charge on any atom is 0.138 e. The third kappa shape index (κ3) is 2.96. The number of fused-ring (bicyclic) bond motifs is 3. The Morgan fingerprint density at radius 2 is 2.39 bits per heavy atom. The van der Waals surface area contributed by atoms with Gasteiger partial charge < -0.3 is 15.1 Å². The van der Waals surface area contributed by atoms with Gasteiger partial charge in [0.1, 0.15) is 22.7 Å². The van der Waals surface area contributed by atoms with Crippen molar-refractivity contribution in [1.29, 1.82) is 0 Å². The summed E-state index contributed by atoms with van der Waals surface area (Å²) in [6.45, 7) is 4.17. The SMILES string of the molecule is CC(CCc1ccco1)Nc1ncnc2sc3c(c12)CCNC3. The third-order valence-corrected chi connectivity index (χ3v) is 5.44. The van der Waals surface area contributed by atoms with Gasteiger partial charge in [0.15, 0.2) is 0 Å². The molecule has 3 aromatic rings. The van der Waals surface area contributed by atoms with E-state index in [9.17, 15) is 0 Å². The highest BCUT2D eigenvalue weighted by atomic mass is 32.1. The molecule has 0 aromatic carbocycles. The number of aromatic nitrogens is 2. The van der Waals surface area contributed by atoms with E-state index in [1.807, 2.05) is 12.1 Å². The summed E-state index contributed by atoms with van der Waals surface area (Å²) in [7, 11) is 0. The van der Waals surface area contributed by atoms with Crippen LogP contribution in [-0.2, 0) is 19.4 Å². The van der Waals surface area contributed by atoms with Crippen molar-refractivity contribution in [2.24, 2.45) is 0 Å². The van der Waals surface area contributed by atoms with Gasteiger partial charge in [-0.05, 0) is 44.0 Å². The smallest absolute Gasteiger partial charge is 0.138 e. The van der Waals surface area contributed by atoms with Gasteiger partial charge in [0, 0.05) is 23.9 Å². The third-order valence-electron chi connectivity index (χ3n) is 4.30. The topological polar surface area (TPSA) is 63.0 Å². The van der Waals surface area contributed by atoms with Crippen LogP contribution in [0.15, 0.2) is 29.1 Å². The minimum absolute atomic E-state index is 0.329. The Labute approximate surface area is 139 Å². The fraction of sp³-hybridized carbons (Fsp3) is 0.412. The molecule has 0 aliphatic carbocycles. The van der Waals surface area contributed by atoms with Gasteiger partial charge in [0.2, 0.25) is 0 Å². The maximum atomic E-state index is 5.41. The van der Waals surface area contributed by atoms with Crippen molar-refractivity contribution in [2.45, 2.75) is 38.8 Å². The van der Waals surface area contributed by atoms with E-state index in [1.54, 1.807) is 23.9 Å². The van der Waals surface area contributed by atoms with Crippen LogP contribution in [0.25, 0.3) is 10.2 Å². The van der Waals surface area contributed by atoms with Gasteiger partial charge >= 0.3 is 0 Å². The molecule has 0 saturated heterocycles. The van der Waals surface area contributed by atoms with E-state index in [0.29, 0.717) is 6.04 Å². The fourth-order valence-corrected chi connectivity index (χ4v) is 4.24. The van der Waals surface area contributed by atoms with Crippen molar-refractivity contribution in [2.75, 3.05) is 11.9 Å².